The maximum absolute atomic E-state index is 12.8. The second-order valence-corrected chi connectivity index (χ2v) is 7.86. The maximum Gasteiger partial charge on any atom is 0.223 e. The Bertz CT molecular complexity index is 753. The Morgan fingerprint density at radius 3 is 2.36 bits per heavy atom. The van der Waals surface area contributed by atoms with Crippen molar-refractivity contribution in [2.75, 3.05) is 20.2 Å². The van der Waals surface area contributed by atoms with Crippen LogP contribution in [0, 0.1) is 5.92 Å². The molecule has 0 aliphatic carbocycles. The van der Waals surface area contributed by atoms with Gasteiger partial charge in [-0.05, 0) is 67.7 Å². The van der Waals surface area contributed by atoms with Gasteiger partial charge in [-0.25, -0.2) is 0 Å². The molecule has 1 unspecified atom stereocenters. The van der Waals surface area contributed by atoms with Gasteiger partial charge in [-0.2, -0.15) is 0 Å². The first-order valence-electron chi connectivity index (χ1n) is 10.00. The molecule has 1 aliphatic rings. The van der Waals surface area contributed by atoms with Gasteiger partial charge in [0.25, 0.3) is 0 Å². The molecule has 5 heteroatoms. The molecular formula is C23H29ClN2O2. The van der Waals surface area contributed by atoms with E-state index >= 15 is 0 Å². The molecule has 1 amide bonds. The first-order valence-corrected chi connectivity index (χ1v) is 10.4. The topological polar surface area (TPSA) is 41.6 Å². The number of nitrogens with zero attached hydrogens (tertiary/aromatic N) is 1. The van der Waals surface area contributed by atoms with Gasteiger partial charge in [0.2, 0.25) is 5.91 Å². The molecule has 1 heterocycles. The van der Waals surface area contributed by atoms with Gasteiger partial charge in [0.15, 0.2) is 0 Å². The van der Waals surface area contributed by atoms with Gasteiger partial charge in [0, 0.05) is 17.5 Å². The van der Waals surface area contributed by atoms with E-state index in [0.29, 0.717) is 0 Å². The number of methoxy groups -OCH3 is 1. The number of likely N-dealkylation sites (tertiary alicyclic amines) is 1. The molecular weight excluding hydrogens is 372 g/mol. The zero-order valence-corrected chi connectivity index (χ0v) is 17.4. The quantitative estimate of drug-likeness (QED) is 0.723. The summed E-state index contributed by atoms with van der Waals surface area (Å²) in [5.41, 5.74) is 2.38. The molecule has 2 aromatic rings. The number of hydrogen-bond donors (Lipinski definition) is 1. The smallest absolute Gasteiger partial charge is 0.223 e. The fraction of sp³-hybridized carbons (Fsp3) is 0.435. The third-order valence-electron chi connectivity index (χ3n) is 5.52. The lowest BCUT2D eigenvalue weighted by molar-refractivity contribution is -0.127. The van der Waals surface area contributed by atoms with Crippen LogP contribution >= 0.6 is 11.6 Å². The Morgan fingerprint density at radius 1 is 1.14 bits per heavy atom. The minimum atomic E-state index is 0.0468. The second kappa shape index (κ2) is 9.94. The number of piperidine rings is 1. The lowest BCUT2D eigenvalue weighted by Crippen LogP contribution is -2.41. The van der Waals surface area contributed by atoms with E-state index in [-0.39, 0.29) is 17.9 Å². The summed E-state index contributed by atoms with van der Waals surface area (Å²) >= 11 is 5.96. The summed E-state index contributed by atoms with van der Waals surface area (Å²) < 4.78 is 5.22. The molecule has 2 aromatic carbocycles. The maximum atomic E-state index is 12.8. The summed E-state index contributed by atoms with van der Waals surface area (Å²) in [6.07, 6.45) is 2.67. The largest absolute Gasteiger partial charge is 0.497 e. The Hall–Kier alpha value is -2.04. The van der Waals surface area contributed by atoms with Gasteiger partial charge < -0.3 is 10.1 Å². The van der Waals surface area contributed by atoms with Gasteiger partial charge >= 0.3 is 0 Å². The highest BCUT2D eigenvalue weighted by atomic mass is 35.5. The molecule has 150 valence electrons. The number of nitrogens with one attached hydrogen (secondary N) is 1. The van der Waals surface area contributed by atoms with Crippen molar-refractivity contribution in [1.82, 2.24) is 10.2 Å². The molecule has 1 atom stereocenters. The van der Waals surface area contributed by atoms with Crippen molar-refractivity contribution in [3.63, 3.8) is 0 Å². The molecule has 28 heavy (non-hydrogen) atoms. The zero-order chi connectivity index (χ0) is 19.9. The van der Waals surface area contributed by atoms with Crippen molar-refractivity contribution in [2.24, 2.45) is 5.92 Å². The first-order chi connectivity index (χ1) is 13.6. The zero-order valence-electron chi connectivity index (χ0n) is 16.7. The number of halogens is 1. The molecule has 1 saturated heterocycles. The lowest BCUT2D eigenvalue weighted by atomic mass is 9.94. The fourth-order valence-electron chi connectivity index (χ4n) is 3.75. The standard InChI is InChI=1S/C23H29ClN2O2/c1-3-22(18-6-10-21(28-2)11-7-18)25-23(27)19-12-14-26(15-13-19)16-17-4-8-20(24)9-5-17/h4-11,19,22H,3,12-16H2,1-2H3,(H,25,27). The number of amides is 1. The summed E-state index contributed by atoms with van der Waals surface area (Å²) in [4.78, 5) is 15.2. The SMILES string of the molecule is CCC(NC(=O)C1CCN(Cc2ccc(Cl)cc2)CC1)c1ccc(OC)cc1. The van der Waals surface area contributed by atoms with Crippen LogP contribution in [0.4, 0.5) is 0 Å². The van der Waals surface area contributed by atoms with Crippen molar-refractivity contribution in [3.05, 3.63) is 64.7 Å². The number of ether oxygens (including phenoxy) is 1. The normalized spacial score (nSPS) is 16.5. The Labute approximate surface area is 172 Å². The van der Waals surface area contributed by atoms with E-state index in [2.05, 4.69) is 29.3 Å². The lowest BCUT2D eigenvalue weighted by Gasteiger charge is -2.32. The van der Waals surface area contributed by atoms with Crippen LogP contribution < -0.4 is 10.1 Å². The Morgan fingerprint density at radius 2 is 1.79 bits per heavy atom. The molecule has 3 rings (SSSR count). The highest BCUT2D eigenvalue weighted by Crippen LogP contribution is 2.24. The van der Waals surface area contributed by atoms with E-state index in [1.165, 1.54) is 5.56 Å². The van der Waals surface area contributed by atoms with Crippen LogP contribution in [-0.4, -0.2) is 31.0 Å². The third kappa shape index (κ3) is 5.49. The Balaban J connectivity index is 1.50. The van der Waals surface area contributed by atoms with Gasteiger partial charge in [0.05, 0.1) is 13.2 Å². The molecule has 4 nitrogen and oxygen atoms in total. The number of carbonyl (C=O) groups is 1. The van der Waals surface area contributed by atoms with E-state index in [1.807, 2.05) is 36.4 Å². The predicted molar refractivity (Wildman–Crippen MR) is 114 cm³/mol. The van der Waals surface area contributed by atoms with Crippen LogP contribution in [0.5, 0.6) is 5.75 Å². The summed E-state index contributed by atoms with van der Waals surface area (Å²) in [6.45, 7) is 4.90. The van der Waals surface area contributed by atoms with E-state index in [1.54, 1.807) is 7.11 Å². The van der Waals surface area contributed by atoms with E-state index < -0.39 is 0 Å². The van der Waals surface area contributed by atoms with Crippen LogP contribution in [0.3, 0.4) is 0 Å². The second-order valence-electron chi connectivity index (χ2n) is 7.42. The molecule has 0 spiro atoms. The van der Waals surface area contributed by atoms with Gasteiger partial charge in [-0.1, -0.05) is 42.8 Å². The molecule has 0 radical (unpaired) electrons. The van der Waals surface area contributed by atoms with Crippen LogP contribution in [-0.2, 0) is 11.3 Å². The summed E-state index contributed by atoms with van der Waals surface area (Å²) in [6, 6.07) is 16.0. The molecule has 0 saturated carbocycles. The van der Waals surface area contributed by atoms with Crippen molar-refractivity contribution in [2.45, 2.75) is 38.8 Å². The highest BCUT2D eigenvalue weighted by molar-refractivity contribution is 6.30. The van der Waals surface area contributed by atoms with Crippen LogP contribution in [0.15, 0.2) is 48.5 Å². The Kier molecular flexibility index (Phi) is 7.35. The summed E-state index contributed by atoms with van der Waals surface area (Å²) in [5, 5.41) is 4.01. The third-order valence-corrected chi connectivity index (χ3v) is 5.77. The monoisotopic (exact) mass is 400 g/mol. The van der Waals surface area contributed by atoms with Crippen molar-refractivity contribution >= 4 is 17.5 Å². The predicted octanol–water partition coefficient (Wildman–Crippen LogP) is 4.83. The molecule has 1 N–H and O–H groups in total. The van der Waals surface area contributed by atoms with Crippen molar-refractivity contribution in [1.29, 1.82) is 0 Å². The summed E-state index contributed by atoms with van der Waals surface area (Å²) in [5.74, 6) is 1.10. The molecule has 1 aliphatic heterocycles. The highest BCUT2D eigenvalue weighted by Gasteiger charge is 2.26. The van der Waals surface area contributed by atoms with Gasteiger partial charge in [0.1, 0.15) is 5.75 Å². The number of rotatable bonds is 7. The van der Waals surface area contributed by atoms with Crippen LogP contribution in [0.1, 0.15) is 43.4 Å². The summed E-state index contributed by atoms with van der Waals surface area (Å²) in [7, 11) is 1.66. The molecule has 1 fully saturated rings. The van der Waals surface area contributed by atoms with Gasteiger partial charge in [-0.3, -0.25) is 9.69 Å². The average Bonchev–Trinajstić information content (AvgIpc) is 2.74. The van der Waals surface area contributed by atoms with E-state index in [9.17, 15) is 4.79 Å². The minimum absolute atomic E-state index is 0.0468. The van der Waals surface area contributed by atoms with Gasteiger partial charge in [-0.15, -0.1) is 0 Å². The minimum Gasteiger partial charge on any atom is -0.497 e. The van der Waals surface area contributed by atoms with E-state index in [0.717, 1.165) is 55.2 Å². The number of hydrogen-bond acceptors (Lipinski definition) is 3. The fourth-order valence-corrected chi connectivity index (χ4v) is 3.87. The number of benzene rings is 2. The molecule has 0 bridgehead atoms. The first kappa shape index (κ1) is 20.7. The van der Waals surface area contributed by atoms with Crippen molar-refractivity contribution in [3.8, 4) is 5.75 Å². The van der Waals surface area contributed by atoms with Crippen molar-refractivity contribution < 1.29 is 9.53 Å². The molecule has 0 aromatic heterocycles. The van der Waals surface area contributed by atoms with Crippen LogP contribution in [0.25, 0.3) is 0 Å². The average molecular weight is 401 g/mol. The van der Waals surface area contributed by atoms with E-state index in [4.69, 9.17) is 16.3 Å². The number of carbonyl (C=O) groups excluding carboxylic acids is 1. The van der Waals surface area contributed by atoms with Crippen LogP contribution in [0.2, 0.25) is 5.02 Å².